The lowest BCUT2D eigenvalue weighted by molar-refractivity contribution is -0.127. The van der Waals surface area contributed by atoms with Gasteiger partial charge >= 0.3 is 0 Å². The van der Waals surface area contributed by atoms with Gasteiger partial charge in [-0.25, -0.2) is 8.42 Å². The van der Waals surface area contributed by atoms with Gasteiger partial charge in [-0.1, -0.05) is 11.6 Å². The zero-order valence-electron chi connectivity index (χ0n) is 16.7. The number of nitrogens with zero attached hydrogens (tertiary/aromatic N) is 1. The van der Waals surface area contributed by atoms with Crippen LogP contribution in [0.1, 0.15) is 20.8 Å². The number of nitrogens with one attached hydrogen (secondary N) is 1. The van der Waals surface area contributed by atoms with Gasteiger partial charge in [-0.3, -0.25) is 9.52 Å². The Bertz CT molecular complexity index is 1050. The van der Waals surface area contributed by atoms with Crippen LogP contribution in [0.5, 0.6) is 11.5 Å². The van der Waals surface area contributed by atoms with Crippen molar-refractivity contribution in [1.82, 2.24) is 0 Å². The predicted octanol–water partition coefficient (Wildman–Crippen LogP) is 3.92. The molecule has 9 heteroatoms. The lowest BCUT2D eigenvalue weighted by atomic mass is 9.93. The van der Waals surface area contributed by atoms with Gasteiger partial charge in [0.25, 0.3) is 10.0 Å². The summed E-state index contributed by atoms with van der Waals surface area (Å²) in [6.07, 6.45) is 0. The van der Waals surface area contributed by atoms with Crippen LogP contribution >= 0.6 is 11.6 Å². The van der Waals surface area contributed by atoms with Crippen LogP contribution in [-0.2, 0) is 14.8 Å². The number of hydrogen-bond donors (Lipinski definition) is 1. The Balaban J connectivity index is 1.97. The molecule has 29 heavy (non-hydrogen) atoms. The fraction of sp³-hybridized carbons (Fsp3) is 0.350. The Morgan fingerprint density at radius 1 is 1.24 bits per heavy atom. The van der Waals surface area contributed by atoms with Crippen molar-refractivity contribution in [3.63, 3.8) is 0 Å². The summed E-state index contributed by atoms with van der Waals surface area (Å²) in [4.78, 5) is 14.4. The summed E-state index contributed by atoms with van der Waals surface area (Å²) in [6.45, 7) is 6.16. The second-order valence-corrected chi connectivity index (χ2v) is 9.36. The number of sulfonamides is 1. The van der Waals surface area contributed by atoms with Gasteiger partial charge in [0.2, 0.25) is 5.91 Å². The maximum Gasteiger partial charge on any atom is 0.263 e. The average molecular weight is 439 g/mol. The summed E-state index contributed by atoms with van der Waals surface area (Å²) in [6, 6.07) is 9.16. The lowest BCUT2D eigenvalue weighted by Crippen LogP contribution is -2.42. The maximum atomic E-state index is 12.9. The molecule has 0 atom stereocenters. The third kappa shape index (κ3) is 4.13. The summed E-state index contributed by atoms with van der Waals surface area (Å²) in [5, 5.41) is 0.0436. The van der Waals surface area contributed by atoms with E-state index in [1.54, 1.807) is 23.1 Å². The van der Waals surface area contributed by atoms with E-state index >= 15 is 0 Å². The highest BCUT2D eigenvalue weighted by molar-refractivity contribution is 7.92. The second kappa shape index (κ2) is 7.76. The summed E-state index contributed by atoms with van der Waals surface area (Å²) >= 11 is 6.12. The molecule has 1 aliphatic heterocycles. The van der Waals surface area contributed by atoms with Gasteiger partial charge in [-0.15, -0.1) is 0 Å². The fourth-order valence-electron chi connectivity index (χ4n) is 3.06. The van der Waals surface area contributed by atoms with E-state index in [0.29, 0.717) is 29.4 Å². The number of carbonyl (C=O) groups is 1. The molecule has 3 rings (SSSR count). The molecule has 1 aliphatic rings. The number of rotatable bonds is 5. The minimum Gasteiger partial charge on any atom is -0.497 e. The zero-order chi connectivity index (χ0) is 21.4. The quantitative estimate of drug-likeness (QED) is 0.764. The first-order chi connectivity index (χ1) is 13.6. The van der Waals surface area contributed by atoms with E-state index in [1.165, 1.54) is 25.3 Å². The van der Waals surface area contributed by atoms with Crippen LogP contribution in [0.3, 0.4) is 0 Å². The van der Waals surface area contributed by atoms with Crippen LogP contribution in [0.4, 0.5) is 11.4 Å². The molecule has 1 amide bonds. The number of fused-ring (bicyclic) bond motifs is 1. The molecule has 1 heterocycles. The van der Waals surface area contributed by atoms with Crippen LogP contribution in [0.15, 0.2) is 41.3 Å². The summed E-state index contributed by atoms with van der Waals surface area (Å²) in [5.74, 6) is 0.893. The third-order valence-corrected chi connectivity index (χ3v) is 6.52. The first kappa shape index (κ1) is 21.3. The van der Waals surface area contributed by atoms with Crippen molar-refractivity contribution in [2.24, 2.45) is 5.41 Å². The highest BCUT2D eigenvalue weighted by atomic mass is 35.5. The molecule has 0 radical (unpaired) electrons. The average Bonchev–Trinajstić information content (AvgIpc) is 2.75. The molecule has 0 saturated heterocycles. The van der Waals surface area contributed by atoms with E-state index in [4.69, 9.17) is 21.1 Å². The number of anilines is 2. The number of methoxy groups -OCH3 is 1. The van der Waals surface area contributed by atoms with Gasteiger partial charge in [0.05, 0.1) is 28.9 Å². The van der Waals surface area contributed by atoms with Crippen LogP contribution in [0.2, 0.25) is 5.02 Å². The molecule has 156 valence electrons. The minimum absolute atomic E-state index is 0.0436. The van der Waals surface area contributed by atoms with Crippen LogP contribution in [0, 0.1) is 5.41 Å². The molecule has 7 nitrogen and oxygen atoms in total. The molecular formula is C20H23ClN2O5S. The Labute approximate surface area is 175 Å². The van der Waals surface area contributed by atoms with Gasteiger partial charge in [0, 0.05) is 12.6 Å². The topological polar surface area (TPSA) is 84.9 Å². The number of carbonyl (C=O) groups excluding carboxylic acids is 1. The molecule has 2 aromatic carbocycles. The van der Waals surface area contributed by atoms with Crippen molar-refractivity contribution in [3.8, 4) is 11.5 Å². The Morgan fingerprint density at radius 3 is 2.59 bits per heavy atom. The van der Waals surface area contributed by atoms with Crippen molar-refractivity contribution in [2.45, 2.75) is 25.7 Å². The summed E-state index contributed by atoms with van der Waals surface area (Å²) in [5.41, 5.74) is 0.125. The fourth-order valence-corrected chi connectivity index (χ4v) is 4.64. The zero-order valence-corrected chi connectivity index (χ0v) is 18.2. The largest absolute Gasteiger partial charge is 0.497 e. The van der Waals surface area contributed by atoms with Gasteiger partial charge in [0.15, 0.2) is 0 Å². The van der Waals surface area contributed by atoms with Gasteiger partial charge in [-0.05, 0) is 51.1 Å². The van der Waals surface area contributed by atoms with E-state index in [1.807, 2.05) is 20.8 Å². The Hall–Kier alpha value is -2.45. The van der Waals surface area contributed by atoms with E-state index in [0.717, 1.165) is 0 Å². The molecule has 0 unspecified atom stereocenters. The van der Waals surface area contributed by atoms with E-state index < -0.39 is 15.4 Å². The SMILES string of the molecule is CCN1C(=O)C(C)(C)COc2ccc(NS(=O)(=O)c3ccc(OC)cc3Cl)cc21. The first-order valence-corrected chi connectivity index (χ1v) is 10.9. The molecule has 1 N–H and O–H groups in total. The van der Waals surface area contributed by atoms with Crippen LogP contribution < -0.4 is 19.1 Å². The number of amides is 1. The second-order valence-electron chi connectivity index (χ2n) is 7.31. The normalized spacial score (nSPS) is 15.9. The highest BCUT2D eigenvalue weighted by Crippen LogP contribution is 2.38. The Kier molecular flexibility index (Phi) is 5.69. The van der Waals surface area contributed by atoms with Gasteiger partial charge < -0.3 is 14.4 Å². The smallest absolute Gasteiger partial charge is 0.263 e. The highest BCUT2D eigenvalue weighted by Gasteiger charge is 2.37. The first-order valence-electron chi connectivity index (χ1n) is 9.04. The van der Waals surface area contributed by atoms with Crippen LogP contribution in [-0.4, -0.2) is 34.6 Å². The number of hydrogen-bond acceptors (Lipinski definition) is 5. The molecule has 0 aliphatic carbocycles. The standard InChI is InChI=1S/C20H23ClN2O5S/c1-5-23-16-10-13(6-8-17(16)28-12-20(2,3)19(23)24)22-29(25,26)18-9-7-14(27-4)11-15(18)21/h6-11,22H,5,12H2,1-4H3. The van der Waals surface area contributed by atoms with Crippen molar-refractivity contribution in [1.29, 1.82) is 0 Å². The van der Waals surface area contributed by atoms with Gasteiger partial charge in [0.1, 0.15) is 23.0 Å². The van der Waals surface area contributed by atoms with E-state index in [9.17, 15) is 13.2 Å². The molecule has 0 saturated carbocycles. The number of benzene rings is 2. The third-order valence-electron chi connectivity index (χ3n) is 4.66. The molecule has 0 bridgehead atoms. The molecular weight excluding hydrogens is 416 g/mol. The maximum absolute atomic E-state index is 12.9. The minimum atomic E-state index is -3.95. The monoisotopic (exact) mass is 438 g/mol. The van der Waals surface area contributed by atoms with Gasteiger partial charge in [-0.2, -0.15) is 0 Å². The summed E-state index contributed by atoms with van der Waals surface area (Å²) < 4.78 is 39.0. The Morgan fingerprint density at radius 2 is 1.97 bits per heavy atom. The van der Waals surface area contributed by atoms with E-state index in [-0.39, 0.29) is 22.4 Å². The molecule has 0 aromatic heterocycles. The number of ether oxygens (including phenoxy) is 2. The van der Waals surface area contributed by atoms with Crippen LogP contribution in [0.25, 0.3) is 0 Å². The van der Waals surface area contributed by atoms with Crippen molar-refractivity contribution < 1.29 is 22.7 Å². The number of halogens is 1. The molecule has 0 spiro atoms. The predicted molar refractivity (Wildman–Crippen MR) is 113 cm³/mol. The summed E-state index contributed by atoms with van der Waals surface area (Å²) in [7, 11) is -2.48. The van der Waals surface area contributed by atoms with Crippen molar-refractivity contribution in [2.75, 3.05) is 29.9 Å². The molecule has 2 aromatic rings. The van der Waals surface area contributed by atoms with Crippen molar-refractivity contribution >= 4 is 38.9 Å². The molecule has 0 fully saturated rings. The van der Waals surface area contributed by atoms with Crippen molar-refractivity contribution in [3.05, 3.63) is 41.4 Å². The lowest BCUT2D eigenvalue weighted by Gasteiger charge is -2.27. The van der Waals surface area contributed by atoms with E-state index in [2.05, 4.69) is 4.72 Å².